The third kappa shape index (κ3) is 5.78. The van der Waals surface area contributed by atoms with Gasteiger partial charge in [-0.1, -0.05) is 24.3 Å². The summed E-state index contributed by atoms with van der Waals surface area (Å²) in [5.74, 6) is 0.658. The summed E-state index contributed by atoms with van der Waals surface area (Å²) in [5.41, 5.74) is 2.11. The average Bonchev–Trinajstić information content (AvgIpc) is 2.63. The van der Waals surface area contributed by atoms with Gasteiger partial charge in [-0.15, -0.1) is 0 Å². The van der Waals surface area contributed by atoms with E-state index in [0.29, 0.717) is 18.9 Å². The maximum absolute atomic E-state index is 12.7. The van der Waals surface area contributed by atoms with Crippen molar-refractivity contribution in [3.8, 4) is 0 Å². The summed E-state index contributed by atoms with van der Waals surface area (Å²) in [6.45, 7) is 4.72. The van der Waals surface area contributed by atoms with Crippen LogP contribution in [0.4, 0.5) is 0 Å². The fourth-order valence-corrected chi connectivity index (χ4v) is 4.91. The molecule has 1 aromatic carbocycles. The molecule has 28 heavy (non-hydrogen) atoms. The minimum absolute atomic E-state index is 0.145. The first-order valence-electron chi connectivity index (χ1n) is 10.2. The maximum Gasteiger partial charge on any atom is 0.227 e. The van der Waals surface area contributed by atoms with Crippen LogP contribution in [0.1, 0.15) is 43.2 Å². The molecule has 0 saturated carbocycles. The second-order valence-electron chi connectivity index (χ2n) is 8.33. The highest BCUT2D eigenvalue weighted by molar-refractivity contribution is 7.88. The molecule has 2 fully saturated rings. The second kappa shape index (κ2) is 8.93. The Morgan fingerprint density at radius 2 is 2.00 bits per heavy atom. The lowest BCUT2D eigenvalue weighted by molar-refractivity contribution is -0.146. The van der Waals surface area contributed by atoms with E-state index in [9.17, 15) is 13.2 Å². The predicted molar refractivity (Wildman–Crippen MR) is 110 cm³/mol. The zero-order chi connectivity index (χ0) is 20.2. The van der Waals surface area contributed by atoms with Crippen molar-refractivity contribution in [2.45, 2.75) is 51.0 Å². The normalized spacial score (nSPS) is 22.4. The zero-order valence-electron chi connectivity index (χ0n) is 16.9. The number of ether oxygens (including phenoxy) is 1. The van der Waals surface area contributed by atoms with Crippen molar-refractivity contribution in [2.24, 2.45) is 5.92 Å². The number of hydrogen-bond acceptors (Lipinski definition) is 4. The van der Waals surface area contributed by atoms with Gasteiger partial charge < -0.3 is 9.64 Å². The number of likely N-dealkylation sites (tertiary alicyclic amines) is 1. The monoisotopic (exact) mass is 408 g/mol. The Hall–Kier alpha value is -1.44. The van der Waals surface area contributed by atoms with Crippen molar-refractivity contribution >= 4 is 15.9 Å². The second-order valence-corrected chi connectivity index (χ2v) is 10.2. The number of carbonyl (C=O) groups excluding carboxylic acids is 1. The number of benzene rings is 1. The van der Waals surface area contributed by atoms with Gasteiger partial charge in [0.25, 0.3) is 0 Å². The molecule has 2 aliphatic heterocycles. The molecule has 1 spiro atoms. The summed E-state index contributed by atoms with van der Waals surface area (Å²) in [5, 5.41) is 0. The molecule has 1 N–H and O–H groups in total. The van der Waals surface area contributed by atoms with Crippen LogP contribution in [0.5, 0.6) is 0 Å². The molecule has 7 heteroatoms. The third-order valence-corrected chi connectivity index (χ3v) is 6.87. The number of sulfonamides is 1. The molecule has 0 aliphatic carbocycles. The molecular formula is C21H32N2O4S. The molecule has 2 heterocycles. The molecule has 6 nitrogen and oxygen atoms in total. The number of nitrogens with zero attached hydrogens (tertiary/aromatic N) is 1. The van der Waals surface area contributed by atoms with Crippen LogP contribution in [0.2, 0.25) is 0 Å². The molecule has 2 saturated heterocycles. The van der Waals surface area contributed by atoms with Crippen molar-refractivity contribution < 1.29 is 17.9 Å². The van der Waals surface area contributed by atoms with Crippen molar-refractivity contribution in [1.82, 2.24) is 9.62 Å². The van der Waals surface area contributed by atoms with Crippen molar-refractivity contribution in [2.75, 3.05) is 32.5 Å². The van der Waals surface area contributed by atoms with Crippen LogP contribution in [0, 0.1) is 12.8 Å². The van der Waals surface area contributed by atoms with Crippen LogP contribution < -0.4 is 4.72 Å². The molecule has 3 rings (SSSR count). The number of carbonyl (C=O) groups is 1. The number of piperidine rings is 1. The molecule has 1 amide bonds. The van der Waals surface area contributed by atoms with Crippen LogP contribution in [0.3, 0.4) is 0 Å². The Balaban J connectivity index is 1.49. The van der Waals surface area contributed by atoms with Gasteiger partial charge >= 0.3 is 0 Å². The smallest absolute Gasteiger partial charge is 0.227 e. The van der Waals surface area contributed by atoms with E-state index in [-0.39, 0.29) is 11.5 Å². The Labute approximate surface area is 168 Å². The lowest BCUT2D eigenvalue weighted by Crippen LogP contribution is -2.51. The van der Waals surface area contributed by atoms with E-state index in [1.165, 1.54) is 6.26 Å². The lowest BCUT2D eigenvalue weighted by Gasteiger charge is -2.46. The van der Waals surface area contributed by atoms with E-state index in [1.807, 2.05) is 36.1 Å². The Morgan fingerprint density at radius 1 is 1.29 bits per heavy atom. The van der Waals surface area contributed by atoms with Crippen molar-refractivity contribution in [3.63, 3.8) is 0 Å². The molecule has 1 unspecified atom stereocenters. The molecule has 1 atom stereocenters. The van der Waals surface area contributed by atoms with Gasteiger partial charge in [0.1, 0.15) is 0 Å². The summed E-state index contributed by atoms with van der Waals surface area (Å²) in [6, 6.07) is 8.05. The standard InChI is InChI=1S/C21H32N2O4S/c1-17-5-3-4-6-19(17)15-20(24)23-12-9-21(10-13-23)16-18(8-14-27-21)7-11-22-28(2,25)26/h3-6,18,22H,7-16H2,1-2H3. The zero-order valence-corrected chi connectivity index (χ0v) is 17.8. The van der Waals surface area contributed by atoms with Gasteiger partial charge in [0, 0.05) is 26.2 Å². The molecule has 0 aromatic heterocycles. The molecule has 2 aliphatic rings. The van der Waals surface area contributed by atoms with Crippen LogP contribution in [-0.2, 0) is 26.0 Å². The number of aryl methyl sites for hydroxylation is 1. The van der Waals surface area contributed by atoms with E-state index in [2.05, 4.69) is 4.72 Å². The van der Waals surface area contributed by atoms with Crippen molar-refractivity contribution in [1.29, 1.82) is 0 Å². The van der Waals surface area contributed by atoms with Gasteiger partial charge in [-0.2, -0.15) is 0 Å². The minimum Gasteiger partial charge on any atom is -0.375 e. The summed E-state index contributed by atoms with van der Waals surface area (Å²) in [7, 11) is -3.13. The first kappa shape index (κ1) is 21.3. The first-order valence-corrected chi connectivity index (χ1v) is 12.1. The van der Waals surface area contributed by atoms with Crippen LogP contribution in [-0.4, -0.2) is 57.3 Å². The van der Waals surface area contributed by atoms with E-state index >= 15 is 0 Å². The van der Waals surface area contributed by atoms with Gasteiger partial charge in [0.15, 0.2) is 0 Å². The number of amides is 1. The maximum atomic E-state index is 12.7. The van der Waals surface area contributed by atoms with Gasteiger partial charge in [0.2, 0.25) is 15.9 Å². The summed E-state index contributed by atoms with van der Waals surface area (Å²) in [6.07, 6.45) is 6.16. The fourth-order valence-electron chi connectivity index (χ4n) is 4.42. The summed E-state index contributed by atoms with van der Waals surface area (Å²) < 4.78 is 31.3. The first-order chi connectivity index (χ1) is 13.3. The molecule has 156 valence electrons. The molecule has 0 radical (unpaired) electrons. The van der Waals surface area contributed by atoms with Gasteiger partial charge in [-0.05, 0) is 56.1 Å². The summed E-state index contributed by atoms with van der Waals surface area (Å²) in [4.78, 5) is 14.7. The van der Waals surface area contributed by atoms with E-state index in [4.69, 9.17) is 4.74 Å². The quantitative estimate of drug-likeness (QED) is 0.783. The fraction of sp³-hybridized carbons (Fsp3) is 0.667. The molecular weight excluding hydrogens is 376 g/mol. The Kier molecular flexibility index (Phi) is 6.78. The average molecular weight is 409 g/mol. The number of rotatable bonds is 6. The number of hydrogen-bond donors (Lipinski definition) is 1. The highest BCUT2D eigenvalue weighted by Crippen LogP contribution is 2.38. The predicted octanol–water partition coefficient (Wildman–Crippen LogP) is 2.26. The highest BCUT2D eigenvalue weighted by atomic mass is 32.2. The van der Waals surface area contributed by atoms with Gasteiger partial charge in [-0.3, -0.25) is 4.79 Å². The van der Waals surface area contributed by atoms with Crippen LogP contribution in [0.15, 0.2) is 24.3 Å². The van der Waals surface area contributed by atoms with Crippen molar-refractivity contribution in [3.05, 3.63) is 35.4 Å². The highest BCUT2D eigenvalue weighted by Gasteiger charge is 2.40. The minimum atomic E-state index is -3.13. The van der Waals surface area contributed by atoms with Gasteiger partial charge in [0.05, 0.1) is 18.3 Å². The Bertz CT molecular complexity index is 785. The third-order valence-electron chi connectivity index (χ3n) is 6.14. The number of nitrogens with one attached hydrogen (secondary N) is 1. The molecule has 1 aromatic rings. The topological polar surface area (TPSA) is 75.7 Å². The van der Waals surface area contributed by atoms with E-state index < -0.39 is 10.0 Å². The SMILES string of the molecule is Cc1ccccc1CC(=O)N1CCC2(CC1)CC(CCNS(C)(=O)=O)CCO2. The molecule has 0 bridgehead atoms. The largest absolute Gasteiger partial charge is 0.375 e. The van der Waals surface area contributed by atoms with Crippen LogP contribution in [0.25, 0.3) is 0 Å². The lowest BCUT2D eigenvalue weighted by atomic mass is 9.78. The van der Waals surface area contributed by atoms with Crippen LogP contribution >= 0.6 is 0 Å². The summed E-state index contributed by atoms with van der Waals surface area (Å²) >= 11 is 0. The van der Waals surface area contributed by atoms with E-state index in [0.717, 1.165) is 62.9 Å². The van der Waals surface area contributed by atoms with E-state index in [1.54, 1.807) is 0 Å². The Morgan fingerprint density at radius 3 is 2.68 bits per heavy atom. The van der Waals surface area contributed by atoms with Gasteiger partial charge in [-0.25, -0.2) is 13.1 Å².